The molecule has 0 amide bonds. The van der Waals surface area contributed by atoms with E-state index in [0.717, 1.165) is 0 Å². The number of aromatic nitrogens is 1. The van der Waals surface area contributed by atoms with Gasteiger partial charge in [-0.25, -0.2) is 4.98 Å². The number of hydrogen-bond acceptors (Lipinski definition) is 2. The molecule has 0 aromatic carbocycles. The molecular formula is C21H31NS. The topological polar surface area (TPSA) is 12.9 Å². The Bertz CT molecular complexity index is 587. The number of pyridine rings is 1. The molecule has 2 heteroatoms. The van der Waals surface area contributed by atoms with Gasteiger partial charge >= 0.3 is 0 Å². The van der Waals surface area contributed by atoms with E-state index in [4.69, 9.17) is 4.98 Å². The molecule has 0 atom stereocenters. The summed E-state index contributed by atoms with van der Waals surface area (Å²) in [5.74, 6) is 0.683. The van der Waals surface area contributed by atoms with Crippen LogP contribution in [0.2, 0.25) is 0 Å². The monoisotopic (exact) mass is 329 g/mol. The first-order chi connectivity index (χ1) is 11.3. The van der Waals surface area contributed by atoms with Gasteiger partial charge < -0.3 is 0 Å². The highest BCUT2D eigenvalue weighted by Gasteiger charge is 2.14. The summed E-state index contributed by atoms with van der Waals surface area (Å²) in [6.45, 7) is 2.19. The summed E-state index contributed by atoms with van der Waals surface area (Å²) in [7, 11) is 0. The Morgan fingerprint density at radius 3 is 2.00 bits per heavy atom. The van der Waals surface area contributed by atoms with Crippen LogP contribution in [0.4, 0.5) is 0 Å². The SMILES string of the molecule is Cc1cc2ccc(C3CCCCCCCCCCCC3)nc2s1. The molecule has 1 fully saturated rings. The minimum absolute atomic E-state index is 0.683. The Kier molecular flexibility index (Phi) is 6.50. The van der Waals surface area contributed by atoms with E-state index >= 15 is 0 Å². The summed E-state index contributed by atoms with van der Waals surface area (Å²) >= 11 is 1.84. The van der Waals surface area contributed by atoms with E-state index in [9.17, 15) is 0 Å². The van der Waals surface area contributed by atoms with E-state index in [1.165, 1.54) is 97.8 Å². The first-order valence-electron chi connectivity index (χ1n) is 9.70. The van der Waals surface area contributed by atoms with E-state index in [2.05, 4.69) is 25.1 Å². The lowest BCUT2D eigenvalue weighted by Gasteiger charge is -2.16. The third-order valence-electron chi connectivity index (χ3n) is 5.30. The van der Waals surface area contributed by atoms with Crippen molar-refractivity contribution in [2.45, 2.75) is 89.9 Å². The molecule has 0 N–H and O–H groups in total. The number of nitrogens with zero attached hydrogens (tertiary/aromatic N) is 1. The van der Waals surface area contributed by atoms with E-state index in [-0.39, 0.29) is 0 Å². The maximum Gasteiger partial charge on any atom is 0.123 e. The zero-order valence-electron chi connectivity index (χ0n) is 14.7. The number of aryl methyl sites for hydroxylation is 1. The molecule has 0 unspecified atom stereocenters. The van der Waals surface area contributed by atoms with Gasteiger partial charge in [-0.15, -0.1) is 11.3 Å². The maximum atomic E-state index is 5.03. The van der Waals surface area contributed by atoms with Crippen molar-refractivity contribution >= 4 is 21.6 Å². The summed E-state index contributed by atoms with van der Waals surface area (Å²) in [5, 5.41) is 1.32. The van der Waals surface area contributed by atoms with Gasteiger partial charge in [-0.1, -0.05) is 70.3 Å². The average molecular weight is 330 g/mol. The Morgan fingerprint density at radius 2 is 1.39 bits per heavy atom. The molecule has 1 nitrogen and oxygen atoms in total. The van der Waals surface area contributed by atoms with Gasteiger partial charge in [0.15, 0.2) is 0 Å². The third kappa shape index (κ3) is 5.04. The summed E-state index contributed by atoms with van der Waals surface area (Å²) in [6, 6.07) is 6.86. The number of hydrogen-bond donors (Lipinski definition) is 0. The van der Waals surface area contributed by atoms with E-state index in [1.54, 1.807) is 0 Å². The van der Waals surface area contributed by atoms with E-state index in [0.29, 0.717) is 5.92 Å². The van der Waals surface area contributed by atoms with Crippen LogP contribution in [-0.2, 0) is 0 Å². The van der Waals surface area contributed by atoms with Crippen molar-refractivity contribution in [1.29, 1.82) is 0 Å². The molecule has 0 bridgehead atoms. The van der Waals surface area contributed by atoms with Crippen molar-refractivity contribution < 1.29 is 0 Å². The number of thiophene rings is 1. The first kappa shape index (κ1) is 17.0. The molecule has 0 saturated heterocycles. The van der Waals surface area contributed by atoms with Crippen LogP contribution >= 0.6 is 11.3 Å². The number of rotatable bonds is 1. The van der Waals surface area contributed by atoms with E-state index in [1.807, 2.05) is 11.3 Å². The van der Waals surface area contributed by atoms with Gasteiger partial charge in [0, 0.05) is 21.9 Å². The lowest BCUT2D eigenvalue weighted by atomic mass is 9.91. The van der Waals surface area contributed by atoms with Gasteiger partial charge in [-0.3, -0.25) is 0 Å². The predicted molar refractivity (Wildman–Crippen MR) is 103 cm³/mol. The molecule has 23 heavy (non-hydrogen) atoms. The van der Waals surface area contributed by atoms with E-state index < -0.39 is 0 Å². The second kappa shape index (κ2) is 8.82. The van der Waals surface area contributed by atoms with Crippen LogP contribution < -0.4 is 0 Å². The summed E-state index contributed by atoms with van der Waals surface area (Å²) in [5.41, 5.74) is 1.36. The van der Waals surface area contributed by atoms with Crippen LogP contribution in [0.1, 0.15) is 93.5 Å². The van der Waals surface area contributed by atoms with Crippen molar-refractivity contribution in [3.63, 3.8) is 0 Å². The minimum atomic E-state index is 0.683. The van der Waals surface area contributed by atoms with Crippen molar-refractivity contribution in [1.82, 2.24) is 4.98 Å². The fourth-order valence-electron chi connectivity index (χ4n) is 3.92. The van der Waals surface area contributed by atoms with Gasteiger partial charge in [0.2, 0.25) is 0 Å². The Morgan fingerprint density at radius 1 is 0.826 bits per heavy atom. The fraction of sp³-hybridized carbons (Fsp3) is 0.667. The molecule has 2 heterocycles. The normalized spacial score (nSPS) is 19.9. The number of fused-ring (bicyclic) bond motifs is 1. The van der Waals surface area contributed by atoms with Crippen LogP contribution in [0, 0.1) is 6.92 Å². The first-order valence-corrected chi connectivity index (χ1v) is 10.5. The molecule has 2 aromatic rings. The predicted octanol–water partition coefficient (Wildman–Crippen LogP) is 7.38. The highest BCUT2D eigenvalue weighted by Crippen LogP contribution is 2.31. The third-order valence-corrected chi connectivity index (χ3v) is 6.26. The molecular weight excluding hydrogens is 298 g/mol. The average Bonchev–Trinajstić information content (AvgIpc) is 2.93. The minimum Gasteiger partial charge on any atom is -0.242 e. The fourth-order valence-corrected chi connectivity index (χ4v) is 4.81. The molecule has 126 valence electrons. The standard InChI is InChI=1S/C21H31NS/c1-17-16-19-14-15-20(22-21(19)23-17)18-12-10-8-6-4-2-3-5-7-9-11-13-18/h14-16,18H,2-13H2,1H3. The second-order valence-electron chi connectivity index (χ2n) is 7.30. The Labute approximate surface area is 145 Å². The van der Waals surface area contributed by atoms with Gasteiger partial charge in [0.25, 0.3) is 0 Å². The molecule has 1 aliphatic carbocycles. The van der Waals surface area contributed by atoms with Crippen LogP contribution in [0.5, 0.6) is 0 Å². The maximum absolute atomic E-state index is 5.03. The zero-order chi connectivity index (χ0) is 15.9. The highest BCUT2D eigenvalue weighted by molar-refractivity contribution is 7.18. The molecule has 0 radical (unpaired) electrons. The van der Waals surface area contributed by atoms with Gasteiger partial charge in [0.05, 0.1) is 0 Å². The van der Waals surface area contributed by atoms with Crippen molar-refractivity contribution in [3.05, 3.63) is 28.8 Å². The Balaban J connectivity index is 1.69. The molecule has 0 aliphatic heterocycles. The highest BCUT2D eigenvalue weighted by atomic mass is 32.1. The molecule has 1 aliphatic rings. The van der Waals surface area contributed by atoms with Crippen molar-refractivity contribution in [2.75, 3.05) is 0 Å². The second-order valence-corrected chi connectivity index (χ2v) is 8.53. The molecule has 2 aromatic heterocycles. The largest absolute Gasteiger partial charge is 0.242 e. The summed E-state index contributed by atoms with van der Waals surface area (Å²) in [6.07, 6.45) is 16.9. The lowest BCUT2D eigenvalue weighted by Crippen LogP contribution is -2.02. The Hall–Kier alpha value is -0.890. The van der Waals surface area contributed by atoms with Crippen LogP contribution in [0.15, 0.2) is 18.2 Å². The van der Waals surface area contributed by atoms with Crippen LogP contribution in [0.3, 0.4) is 0 Å². The lowest BCUT2D eigenvalue weighted by molar-refractivity contribution is 0.494. The van der Waals surface area contributed by atoms with Crippen LogP contribution in [-0.4, -0.2) is 4.98 Å². The summed E-state index contributed by atoms with van der Waals surface area (Å²) < 4.78 is 0. The van der Waals surface area contributed by atoms with Gasteiger partial charge in [0.1, 0.15) is 4.83 Å². The smallest absolute Gasteiger partial charge is 0.123 e. The van der Waals surface area contributed by atoms with Crippen molar-refractivity contribution in [3.8, 4) is 0 Å². The van der Waals surface area contributed by atoms with Gasteiger partial charge in [-0.05, 0) is 31.9 Å². The zero-order valence-corrected chi connectivity index (χ0v) is 15.5. The molecule has 1 saturated carbocycles. The quantitative estimate of drug-likeness (QED) is 0.531. The van der Waals surface area contributed by atoms with Gasteiger partial charge in [-0.2, -0.15) is 0 Å². The van der Waals surface area contributed by atoms with Crippen LogP contribution in [0.25, 0.3) is 10.2 Å². The molecule has 3 rings (SSSR count). The van der Waals surface area contributed by atoms with Crippen molar-refractivity contribution in [2.24, 2.45) is 0 Å². The molecule has 0 spiro atoms. The summed E-state index contributed by atoms with van der Waals surface area (Å²) in [4.78, 5) is 7.64.